The minimum Gasteiger partial charge on any atom is -0.491 e. The zero-order valence-electron chi connectivity index (χ0n) is 17.2. The molecule has 2 amide bonds. The first kappa shape index (κ1) is 20.9. The van der Waals surface area contributed by atoms with Crippen LogP contribution in [0.5, 0.6) is 5.75 Å². The van der Waals surface area contributed by atoms with E-state index in [4.69, 9.17) is 4.74 Å². The number of rotatable bonds is 7. The van der Waals surface area contributed by atoms with Crippen molar-refractivity contribution in [2.24, 2.45) is 0 Å². The quantitative estimate of drug-likeness (QED) is 0.732. The number of nitrogens with one attached hydrogen (secondary N) is 1. The van der Waals surface area contributed by atoms with Crippen LogP contribution >= 0.6 is 0 Å². The Morgan fingerprint density at radius 2 is 1.69 bits per heavy atom. The number of hydrogen-bond acceptors (Lipinski definition) is 4. The van der Waals surface area contributed by atoms with Gasteiger partial charge in [0.2, 0.25) is 5.91 Å². The number of benzene rings is 2. The van der Waals surface area contributed by atoms with Crippen molar-refractivity contribution in [2.75, 3.05) is 45.2 Å². The molecule has 6 heteroatoms. The van der Waals surface area contributed by atoms with Crippen LogP contribution in [-0.4, -0.2) is 61.4 Å². The number of hydrogen-bond donors (Lipinski definition) is 1. The standard InChI is InChI=1S/C23H29N3O3/c1-18-8-3-4-9-19(18)23(28)24-20-10-5-6-11-21(20)29-17-7-12-22(27)26-15-13-25(2)14-16-26/h3-6,8-11H,7,12-17H2,1-2H3,(H,24,28). The third-order valence-corrected chi connectivity index (χ3v) is 5.17. The van der Waals surface area contributed by atoms with Gasteiger partial charge in [0, 0.05) is 38.2 Å². The smallest absolute Gasteiger partial charge is 0.256 e. The van der Waals surface area contributed by atoms with E-state index in [1.165, 1.54) is 0 Å². The molecule has 1 aliphatic heterocycles. The number of nitrogens with zero attached hydrogens (tertiary/aromatic N) is 2. The number of anilines is 1. The molecule has 0 saturated carbocycles. The number of para-hydroxylation sites is 2. The predicted octanol–water partition coefficient (Wildman–Crippen LogP) is 3.18. The minimum absolute atomic E-state index is 0.163. The van der Waals surface area contributed by atoms with Crippen molar-refractivity contribution in [2.45, 2.75) is 19.8 Å². The molecule has 0 atom stereocenters. The number of ether oxygens (including phenoxy) is 1. The third-order valence-electron chi connectivity index (χ3n) is 5.17. The summed E-state index contributed by atoms with van der Waals surface area (Å²) in [5.74, 6) is 0.633. The van der Waals surface area contributed by atoms with Crippen molar-refractivity contribution < 1.29 is 14.3 Å². The van der Waals surface area contributed by atoms with Gasteiger partial charge in [-0.1, -0.05) is 30.3 Å². The zero-order chi connectivity index (χ0) is 20.6. The summed E-state index contributed by atoms with van der Waals surface area (Å²) in [4.78, 5) is 29.1. The second-order valence-corrected chi connectivity index (χ2v) is 7.40. The van der Waals surface area contributed by atoms with Crippen LogP contribution in [0.1, 0.15) is 28.8 Å². The molecular weight excluding hydrogens is 366 g/mol. The maximum atomic E-state index is 12.6. The average molecular weight is 396 g/mol. The maximum absolute atomic E-state index is 12.6. The summed E-state index contributed by atoms with van der Waals surface area (Å²) < 4.78 is 5.87. The zero-order valence-corrected chi connectivity index (χ0v) is 17.2. The number of piperazine rings is 1. The Morgan fingerprint density at radius 3 is 2.45 bits per heavy atom. The number of carbonyl (C=O) groups excluding carboxylic acids is 2. The summed E-state index contributed by atoms with van der Waals surface area (Å²) in [6.07, 6.45) is 1.12. The molecular formula is C23H29N3O3. The highest BCUT2D eigenvalue weighted by atomic mass is 16.5. The minimum atomic E-state index is -0.163. The lowest BCUT2D eigenvalue weighted by Crippen LogP contribution is -2.47. The SMILES string of the molecule is Cc1ccccc1C(=O)Nc1ccccc1OCCCC(=O)N1CCN(C)CC1. The first-order chi connectivity index (χ1) is 14.0. The average Bonchev–Trinajstić information content (AvgIpc) is 2.73. The normalized spacial score (nSPS) is 14.5. The van der Waals surface area contributed by atoms with Crippen LogP contribution in [0.15, 0.2) is 48.5 Å². The molecule has 1 N–H and O–H groups in total. The Labute approximate surface area is 172 Å². The summed E-state index contributed by atoms with van der Waals surface area (Å²) in [6, 6.07) is 14.9. The Bertz CT molecular complexity index is 845. The van der Waals surface area contributed by atoms with E-state index in [0.29, 0.717) is 36.4 Å². The second-order valence-electron chi connectivity index (χ2n) is 7.40. The van der Waals surface area contributed by atoms with E-state index in [9.17, 15) is 9.59 Å². The van der Waals surface area contributed by atoms with Crippen LogP contribution in [0.25, 0.3) is 0 Å². The molecule has 6 nitrogen and oxygen atoms in total. The topological polar surface area (TPSA) is 61.9 Å². The molecule has 154 valence electrons. The van der Waals surface area contributed by atoms with Crippen molar-refractivity contribution in [1.82, 2.24) is 9.80 Å². The number of carbonyl (C=O) groups is 2. The molecule has 1 heterocycles. The molecule has 0 bridgehead atoms. The molecule has 0 aromatic heterocycles. The Hall–Kier alpha value is -2.86. The number of amides is 2. The molecule has 1 saturated heterocycles. The summed E-state index contributed by atoms with van der Waals surface area (Å²) in [7, 11) is 2.07. The van der Waals surface area contributed by atoms with Crippen molar-refractivity contribution in [3.05, 3.63) is 59.7 Å². The fraction of sp³-hybridized carbons (Fsp3) is 0.391. The first-order valence-corrected chi connectivity index (χ1v) is 10.1. The molecule has 1 aliphatic rings. The van der Waals surface area contributed by atoms with Crippen molar-refractivity contribution >= 4 is 17.5 Å². The summed E-state index contributed by atoms with van der Waals surface area (Å²) in [5, 5.41) is 2.93. The van der Waals surface area contributed by atoms with E-state index in [1.807, 2.05) is 54.3 Å². The third kappa shape index (κ3) is 5.81. The molecule has 0 unspecified atom stereocenters. The fourth-order valence-corrected chi connectivity index (χ4v) is 3.33. The van der Waals surface area contributed by atoms with Gasteiger partial charge in [0.25, 0.3) is 5.91 Å². The molecule has 0 aliphatic carbocycles. The van der Waals surface area contributed by atoms with Crippen LogP contribution in [0.4, 0.5) is 5.69 Å². The van der Waals surface area contributed by atoms with Gasteiger partial charge in [0.15, 0.2) is 0 Å². The van der Waals surface area contributed by atoms with Gasteiger partial charge in [-0.05, 0) is 44.2 Å². The summed E-state index contributed by atoms with van der Waals surface area (Å²) in [6.45, 7) is 5.78. The van der Waals surface area contributed by atoms with Crippen molar-refractivity contribution in [1.29, 1.82) is 0 Å². The fourth-order valence-electron chi connectivity index (χ4n) is 3.33. The Morgan fingerprint density at radius 1 is 1.00 bits per heavy atom. The first-order valence-electron chi connectivity index (χ1n) is 10.1. The molecule has 3 rings (SSSR count). The molecule has 2 aromatic rings. The van der Waals surface area contributed by atoms with E-state index < -0.39 is 0 Å². The van der Waals surface area contributed by atoms with Gasteiger partial charge in [-0.25, -0.2) is 0 Å². The van der Waals surface area contributed by atoms with Gasteiger partial charge in [-0.2, -0.15) is 0 Å². The Balaban J connectivity index is 1.50. The highest BCUT2D eigenvalue weighted by Crippen LogP contribution is 2.25. The van der Waals surface area contributed by atoms with Crippen molar-refractivity contribution in [3.8, 4) is 5.75 Å². The number of likely N-dealkylation sites (N-methyl/N-ethyl adjacent to an activating group) is 1. The van der Waals surface area contributed by atoms with E-state index in [1.54, 1.807) is 6.07 Å². The molecule has 1 fully saturated rings. The maximum Gasteiger partial charge on any atom is 0.256 e. The van der Waals surface area contributed by atoms with Gasteiger partial charge in [-0.3, -0.25) is 9.59 Å². The Kier molecular flexibility index (Phi) is 7.25. The van der Waals surface area contributed by atoms with Crippen LogP contribution in [0, 0.1) is 6.92 Å². The lowest BCUT2D eigenvalue weighted by Gasteiger charge is -2.32. The largest absolute Gasteiger partial charge is 0.491 e. The van der Waals surface area contributed by atoms with Crippen LogP contribution < -0.4 is 10.1 Å². The highest BCUT2D eigenvalue weighted by molar-refractivity contribution is 6.05. The highest BCUT2D eigenvalue weighted by Gasteiger charge is 2.18. The van der Waals surface area contributed by atoms with Gasteiger partial charge in [-0.15, -0.1) is 0 Å². The lowest BCUT2D eigenvalue weighted by molar-refractivity contribution is -0.133. The van der Waals surface area contributed by atoms with Gasteiger partial charge in [0.1, 0.15) is 5.75 Å². The van der Waals surface area contributed by atoms with E-state index in [2.05, 4.69) is 17.3 Å². The van der Waals surface area contributed by atoms with E-state index in [0.717, 1.165) is 31.7 Å². The molecule has 0 radical (unpaired) electrons. The van der Waals surface area contributed by atoms with Crippen LogP contribution in [0.2, 0.25) is 0 Å². The second kappa shape index (κ2) is 10.1. The molecule has 2 aromatic carbocycles. The summed E-state index contributed by atoms with van der Waals surface area (Å²) in [5.41, 5.74) is 2.19. The van der Waals surface area contributed by atoms with E-state index in [-0.39, 0.29) is 11.8 Å². The van der Waals surface area contributed by atoms with Gasteiger partial charge in [0.05, 0.1) is 12.3 Å². The number of aryl methyl sites for hydroxylation is 1. The van der Waals surface area contributed by atoms with Crippen LogP contribution in [-0.2, 0) is 4.79 Å². The van der Waals surface area contributed by atoms with Crippen molar-refractivity contribution in [3.63, 3.8) is 0 Å². The van der Waals surface area contributed by atoms with Gasteiger partial charge >= 0.3 is 0 Å². The molecule has 0 spiro atoms. The van der Waals surface area contributed by atoms with Gasteiger partial charge < -0.3 is 19.9 Å². The summed E-state index contributed by atoms with van der Waals surface area (Å²) >= 11 is 0. The van der Waals surface area contributed by atoms with Crippen LogP contribution in [0.3, 0.4) is 0 Å². The lowest BCUT2D eigenvalue weighted by atomic mass is 10.1. The van der Waals surface area contributed by atoms with E-state index >= 15 is 0 Å². The monoisotopic (exact) mass is 395 g/mol. The predicted molar refractivity (Wildman–Crippen MR) is 114 cm³/mol. The molecule has 29 heavy (non-hydrogen) atoms.